The molecule has 0 aliphatic carbocycles. The lowest BCUT2D eigenvalue weighted by atomic mass is 9.93. The highest BCUT2D eigenvalue weighted by Gasteiger charge is 2.18. The molecule has 5 rings (SSSR count). The molecule has 2 heterocycles. The fourth-order valence-corrected chi connectivity index (χ4v) is 4.47. The Hall–Kier alpha value is -5.05. The zero-order valence-corrected chi connectivity index (χ0v) is 21.6. The molecule has 0 aliphatic heterocycles. The number of amides is 1. The van der Waals surface area contributed by atoms with E-state index in [1.165, 1.54) is 30.5 Å². The van der Waals surface area contributed by atoms with Crippen LogP contribution in [0.1, 0.15) is 23.7 Å². The maximum atomic E-state index is 13.4. The molecule has 1 amide bonds. The molecule has 0 aliphatic rings. The van der Waals surface area contributed by atoms with Crippen molar-refractivity contribution in [1.29, 1.82) is 0 Å². The van der Waals surface area contributed by atoms with Gasteiger partial charge in [0.05, 0.1) is 18.9 Å². The first-order valence-electron chi connectivity index (χ1n) is 12.5. The molecular formula is C31H26FNO7. The Morgan fingerprint density at radius 1 is 1.02 bits per heavy atom. The predicted octanol–water partition coefficient (Wildman–Crippen LogP) is 5.62. The van der Waals surface area contributed by atoms with Crippen molar-refractivity contribution in [3.05, 3.63) is 113 Å². The van der Waals surface area contributed by atoms with Crippen LogP contribution in [0.2, 0.25) is 0 Å². The van der Waals surface area contributed by atoms with Gasteiger partial charge >= 0.3 is 0 Å². The number of nitrogens with one attached hydrogen (secondary N) is 1. The molecule has 0 fully saturated rings. The standard InChI is InChI=1S/C31H26FNO7/c1-37-22-10-6-20(7-11-22)25-17-40-28-16-23(15-26(34)30(28)31(25)36)39-18-29(35)33-13-12-24(27-3-2-14-38-27)19-4-8-21(32)9-5-19/h2-11,14-17,24,34H,12-13,18H2,1H3,(H,33,35). The number of hydrogen-bond donors (Lipinski definition) is 2. The minimum absolute atomic E-state index is 0.00915. The molecule has 2 aromatic heterocycles. The van der Waals surface area contributed by atoms with Gasteiger partial charge in [0.25, 0.3) is 5.91 Å². The number of ether oxygens (including phenoxy) is 2. The van der Waals surface area contributed by atoms with Gasteiger partial charge in [-0.15, -0.1) is 0 Å². The molecule has 40 heavy (non-hydrogen) atoms. The van der Waals surface area contributed by atoms with E-state index in [4.69, 9.17) is 18.3 Å². The highest BCUT2D eigenvalue weighted by atomic mass is 19.1. The second kappa shape index (κ2) is 11.8. The first-order valence-corrected chi connectivity index (χ1v) is 12.5. The van der Waals surface area contributed by atoms with Crippen LogP contribution in [0.3, 0.4) is 0 Å². The van der Waals surface area contributed by atoms with Crippen LogP contribution < -0.4 is 20.2 Å². The molecular weight excluding hydrogens is 517 g/mol. The summed E-state index contributed by atoms with van der Waals surface area (Å²) in [6, 6.07) is 19.4. The van der Waals surface area contributed by atoms with E-state index in [0.29, 0.717) is 30.0 Å². The third-order valence-electron chi connectivity index (χ3n) is 6.52. The minimum atomic E-state index is -0.402. The number of aromatic hydroxyl groups is 1. The van der Waals surface area contributed by atoms with Gasteiger partial charge in [0, 0.05) is 24.6 Å². The Labute approximate surface area is 228 Å². The van der Waals surface area contributed by atoms with Crippen molar-refractivity contribution in [2.75, 3.05) is 20.3 Å². The average Bonchev–Trinajstić information content (AvgIpc) is 3.50. The van der Waals surface area contributed by atoms with E-state index >= 15 is 0 Å². The lowest BCUT2D eigenvalue weighted by Crippen LogP contribution is -2.30. The van der Waals surface area contributed by atoms with E-state index in [1.807, 2.05) is 6.07 Å². The second-order valence-electron chi connectivity index (χ2n) is 9.07. The van der Waals surface area contributed by atoms with Crippen molar-refractivity contribution in [2.45, 2.75) is 12.3 Å². The van der Waals surface area contributed by atoms with E-state index in [1.54, 1.807) is 55.8 Å². The summed E-state index contributed by atoms with van der Waals surface area (Å²) in [5.74, 6) is 0.323. The fraction of sp³-hybridized carbons (Fsp3) is 0.161. The summed E-state index contributed by atoms with van der Waals surface area (Å²) in [5.41, 5.74) is 1.48. The predicted molar refractivity (Wildman–Crippen MR) is 146 cm³/mol. The molecule has 0 radical (unpaired) electrons. The number of carbonyl (C=O) groups excluding carboxylic acids is 1. The van der Waals surface area contributed by atoms with Crippen LogP contribution in [0.4, 0.5) is 4.39 Å². The van der Waals surface area contributed by atoms with Gasteiger partial charge in [0.15, 0.2) is 6.61 Å². The summed E-state index contributed by atoms with van der Waals surface area (Å²) in [7, 11) is 1.55. The maximum Gasteiger partial charge on any atom is 0.257 e. The summed E-state index contributed by atoms with van der Waals surface area (Å²) in [6.45, 7) is -0.00199. The molecule has 0 bridgehead atoms. The van der Waals surface area contributed by atoms with Crippen molar-refractivity contribution in [3.63, 3.8) is 0 Å². The van der Waals surface area contributed by atoms with E-state index in [0.717, 1.165) is 5.56 Å². The number of carbonyl (C=O) groups is 1. The molecule has 0 spiro atoms. The van der Waals surface area contributed by atoms with Gasteiger partial charge in [-0.3, -0.25) is 9.59 Å². The number of furan rings is 1. The zero-order valence-electron chi connectivity index (χ0n) is 21.6. The maximum absolute atomic E-state index is 13.4. The molecule has 9 heteroatoms. The summed E-state index contributed by atoms with van der Waals surface area (Å²) in [6.07, 6.45) is 3.40. The number of methoxy groups -OCH3 is 1. The number of hydrogen-bond acceptors (Lipinski definition) is 7. The molecule has 0 saturated heterocycles. The third kappa shape index (κ3) is 5.83. The first-order chi connectivity index (χ1) is 19.4. The number of phenolic OH excluding ortho intramolecular Hbond substituents is 1. The number of phenols is 1. The van der Waals surface area contributed by atoms with Crippen molar-refractivity contribution in [3.8, 4) is 28.4 Å². The summed E-state index contributed by atoms with van der Waals surface area (Å²) in [5, 5.41) is 13.4. The lowest BCUT2D eigenvalue weighted by molar-refractivity contribution is -0.123. The van der Waals surface area contributed by atoms with Gasteiger partial charge in [0.2, 0.25) is 5.43 Å². The molecule has 0 saturated carbocycles. The molecule has 1 unspecified atom stereocenters. The van der Waals surface area contributed by atoms with E-state index in [2.05, 4.69) is 5.32 Å². The third-order valence-corrected chi connectivity index (χ3v) is 6.52. The molecule has 3 aromatic carbocycles. The Morgan fingerprint density at radius 3 is 2.50 bits per heavy atom. The summed E-state index contributed by atoms with van der Waals surface area (Å²) in [4.78, 5) is 25.5. The van der Waals surface area contributed by atoms with Crippen LogP contribution in [0, 0.1) is 5.82 Å². The van der Waals surface area contributed by atoms with Gasteiger partial charge in [-0.05, 0) is 53.9 Å². The monoisotopic (exact) mass is 543 g/mol. The van der Waals surface area contributed by atoms with Crippen LogP contribution in [-0.4, -0.2) is 31.3 Å². The Morgan fingerprint density at radius 2 is 1.80 bits per heavy atom. The SMILES string of the molecule is COc1ccc(-c2coc3cc(OCC(=O)NCCC(c4ccc(F)cc4)c4ccco4)cc(O)c3c2=O)cc1. The summed E-state index contributed by atoms with van der Waals surface area (Å²) >= 11 is 0. The Balaban J connectivity index is 1.22. The highest BCUT2D eigenvalue weighted by molar-refractivity contribution is 5.88. The minimum Gasteiger partial charge on any atom is -0.507 e. The molecule has 5 aromatic rings. The topological polar surface area (TPSA) is 111 Å². The van der Waals surface area contributed by atoms with Crippen LogP contribution in [0.5, 0.6) is 17.2 Å². The van der Waals surface area contributed by atoms with Gasteiger partial charge in [-0.1, -0.05) is 24.3 Å². The first kappa shape index (κ1) is 26.6. The van der Waals surface area contributed by atoms with Gasteiger partial charge in [-0.25, -0.2) is 4.39 Å². The zero-order chi connectivity index (χ0) is 28.1. The van der Waals surface area contributed by atoms with Crippen LogP contribution in [0.15, 0.2) is 99.0 Å². The molecule has 2 N–H and O–H groups in total. The number of benzene rings is 3. The lowest BCUT2D eigenvalue weighted by Gasteiger charge is -2.16. The number of halogens is 1. The normalized spacial score (nSPS) is 11.8. The van der Waals surface area contributed by atoms with Crippen molar-refractivity contribution in [1.82, 2.24) is 5.32 Å². The summed E-state index contributed by atoms with van der Waals surface area (Å²) < 4.78 is 35.3. The van der Waals surface area contributed by atoms with Crippen molar-refractivity contribution >= 4 is 16.9 Å². The highest BCUT2D eigenvalue weighted by Crippen LogP contribution is 2.31. The largest absolute Gasteiger partial charge is 0.507 e. The van der Waals surface area contributed by atoms with Crippen LogP contribution in [0.25, 0.3) is 22.1 Å². The molecule has 8 nitrogen and oxygen atoms in total. The smallest absolute Gasteiger partial charge is 0.257 e. The average molecular weight is 544 g/mol. The second-order valence-corrected chi connectivity index (χ2v) is 9.07. The van der Waals surface area contributed by atoms with E-state index in [-0.39, 0.29) is 52.3 Å². The Kier molecular flexibility index (Phi) is 7.82. The molecule has 204 valence electrons. The van der Waals surface area contributed by atoms with Crippen LogP contribution in [-0.2, 0) is 4.79 Å². The quantitative estimate of drug-likeness (QED) is 0.235. The van der Waals surface area contributed by atoms with Gasteiger partial charge in [0.1, 0.15) is 46.1 Å². The van der Waals surface area contributed by atoms with Gasteiger partial charge < -0.3 is 28.7 Å². The van der Waals surface area contributed by atoms with Crippen molar-refractivity contribution in [2.24, 2.45) is 0 Å². The Bertz CT molecular complexity index is 1660. The van der Waals surface area contributed by atoms with E-state index < -0.39 is 5.43 Å². The van der Waals surface area contributed by atoms with Gasteiger partial charge in [-0.2, -0.15) is 0 Å². The van der Waals surface area contributed by atoms with E-state index in [9.17, 15) is 19.1 Å². The fourth-order valence-electron chi connectivity index (χ4n) is 4.47. The van der Waals surface area contributed by atoms with Crippen LogP contribution >= 0.6 is 0 Å². The number of fused-ring (bicyclic) bond motifs is 1. The number of rotatable bonds is 10. The molecule has 1 atom stereocenters. The van der Waals surface area contributed by atoms with Crippen molar-refractivity contribution < 1.29 is 32.6 Å².